The molecule has 1 aliphatic heterocycles. The summed E-state index contributed by atoms with van der Waals surface area (Å²) in [5.41, 5.74) is 3.23. The van der Waals surface area contributed by atoms with E-state index in [0.29, 0.717) is 29.2 Å². The molecule has 29 heavy (non-hydrogen) atoms. The van der Waals surface area contributed by atoms with Crippen molar-refractivity contribution in [2.24, 2.45) is 5.92 Å². The monoisotopic (exact) mass is 431 g/mol. The molecule has 0 N–H and O–H groups in total. The van der Waals surface area contributed by atoms with E-state index in [1.165, 1.54) is 5.56 Å². The van der Waals surface area contributed by atoms with Gasteiger partial charge >= 0.3 is 0 Å². The molecule has 4 rings (SSSR count). The van der Waals surface area contributed by atoms with Crippen LogP contribution in [0.3, 0.4) is 0 Å². The molecule has 0 spiro atoms. The Hall–Kier alpha value is -1.92. The standard InChI is InChI=1S/C22H23Cl2N3O2/c1-15-8-19(29-26-15)10-18-13-28-14-22(18)27(11-16-4-6-25-7-5-16)12-17-2-3-20(23)21(24)9-17/h2-9,18,22H,10-14H2,1H3/t18-,22-/m1/s1. The fourth-order valence-corrected chi connectivity index (χ4v) is 4.16. The van der Waals surface area contributed by atoms with Crippen LogP contribution in [0.15, 0.2) is 53.3 Å². The minimum absolute atomic E-state index is 0.253. The summed E-state index contributed by atoms with van der Waals surface area (Å²) in [6.07, 6.45) is 4.46. The van der Waals surface area contributed by atoms with Gasteiger partial charge in [-0.05, 0) is 42.3 Å². The maximum absolute atomic E-state index is 6.25. The van der Waals surface area contributed by atoms with E-state index in [-0.39, 0.29) is 6.04 Å². The molecule has 0 radical (unpaired) electrons. The summed E-state index contributed by atoms with van der Waals surface area (Å²) in [5.74, 6) is 1.23. The van der Waals surface area contributed by atoms with Gasteiger partial charge in [0.05, 0.1) is 29.0 Å². The molecule has 1 aromatic carbocycles. The molecule has 0 unspecified atom stereocenters. The predicted octanol–water partition coefficient (Wildman–Crippen LogP) is 4.94. The summed E-state index contributed by atoms with van der Waals surface area (Å²) in [5, 5.41) is 5.16. The summed E-state index contributed by atoms with van der Waals surface area (Å²) in [6, 6.07) is 12.2. The zero-order valence-corrected chi connectivity index (χ0v) is 17.7. The Kier molecular flexibility index (Phi) is 6.50. The lowest BCUT2D eigenvalue weighted by molar-refractivity contribution is 0.127. The van der Waals surface area contributed by atoms with E-state index in [0.717, 1.165) is 36.5 Å². The lowest BCUT2D eigenvalue weighted by Crippen LogP contribution is -2.40. The average molecular weight is 432 g/mol. The number of pyridine rings is 1. The average Bonchev–Trinajstić information content (AvgIpc) is 3.34. The van der Waals surface area contributed by atoms with E-state index in [4.69, 9.17) is 32.5 Å². The second-order valence-electron chi connectivity index (χ2n) is 7.51. The number of aryl methyl sites for hydroxylation is 1. The maximum Gasteiger partial charge on any atom is 0.137 e. The number of nitrogens with zero attached hydrogens (tertiary/aromatic N) is 3. The van der Waals surface area contributed by atoms with Gasteiger partial charge in [-0.25, -0.2) is 0 Å². The number of halogens is 2. The number of aromatic nitrogens is 2. The molecule has 3 heterocycles. The topological polar surface area (TPSA) is 51.4 Å². The molecular weight excluding hydrogens is 409 g/mol. The fraction of sp³-hybridized carbons (Fsp3) is 0.364. The van der Waals surface area contributed by atoms with Crippen molar-refractivity contribution in [2.45, 2.75) is 32.5 Å². The van der Waals surface area contributed by atoms with Gasteiger partial charge in [0.25, 0.3) is 0 Å². The highest BCUT2D eigenvalue weighted by atomic mass is 35.5. The third kappa shape index (κ3) is 5.17. The molecule has 3 aromatic rings. The highest BCUT2D eigenvalue weighted by Crippen LogP contribution is 2.29. The van der Waals surface area contributed by atoms with E-state index in [2.05, 4.69) is 15.0 Å². The van der Waals surface area contributed by atoms with Crippen LogP contribution in [0.4, 0.5) is 0 Å². The van der Waals surface area contributed by atoms with Gasteiger partial charge in [0.1, 0.15) is 5.76 Å². The zero-order chi connectivity index (χ0) is 20.2. The van der Waals surface area contributed by atoms with Crippen LogP contribution < -0.4 is 0 Å². The van der Waals surface area contributed by atoms with Crippen LogP contribution in [-0.2, 0) is 24.2 Å². The van der Waals surface area contributed by atoms with Crippen molar-refractivity contribution in [1.29, 1.82) is 0 Å². The first-order chi connectivity index (χ1) is 14.1. The molecular formula is C22H23Cl2N3O2. The summed E-state index contributed by atoms with van der Waals surface area (Å²) < 4.78 is 11.3. The molecule has 2 aromatic heterocycles. The van der Waals surface area contributed by atoms with Crippen LogP contribution in [0, 0.1) is 12.8 Å². The minimum Gasteiger partial charge on any atom is -0.379 e. The molecule has 1 saturated heterocycles. The Morgan fingerprint density at radius 2 is 1.79 bits per heavy atom. The summed E-state index contributed by atoms with van der Waals surface area (Å²) in [4.78, 5) is 6.57. The molecule has 0 amide bonds. The molecule has 1 aliphatic rings. The third-order valence-electron chi connectivity index (χ3n) is 5.28. The van der Waals surface area contributed by atoms with Crippen LogP contribution in [0.2, 0.25) is 10.0 Å². The first kappa shape index (κ1) is 20.4. The zero-order valence-electron chi connectivity index (χ0n) is 16.2. The van der Waals surface area contributed by atoms with Gasteiger partial charge in [-0.2, -0.15) is 0 Å². The van der Waals surface area contributed by atoms with Crippen molar-refractivity contribution in [3.05, 3.63) is 81.4 Å². The number of hydrogen-bond acceptors (Lipinski definition) is 5. The van der Waals surface area contributed by atoms with Crippen LogP contribution in [-0.4, -0.2) is 34.3 Å². The number of hydrogen-bond donors (Lipinski definition) is 0. The number of ether oxygens (including phenoxy) is 1. The molecule has 0 saturated carbocycles. The largest absolute Gasteiger partial charge is 0.379 e. The molecule has 5 nitrogen and oxygen atoms in total. The molecule has 2 atom stereocenters. The van der Waals surface area contributed by atoms with Gasteiger partial charge in [0.2, 0.25) is 0 Å². The van der Waals surface area contributed by atoms with Crippen molar-refractivity contribution in [3.63, 3.8) is 0 Å². The number of benzene rings is 1. The molecule has 1 fully saturated rings. The van der Waals surface area contributed by atoms with E-state index in [1.54, 1.807) is 0 Å². The predicted molar refractivity (Wildman–Crippen MR) is 113 cm³/mol. The molecule has 152 valence electrons. The smallest absolute Gasteiger partial charge is 0.137 e. The Balaban J connectivity index is 1.56. The first-order valence-electron chi connectivity index (χ1n) is 9.65. The first-order valence-corrected chi connectivity index (χ1v) is 10.4. The van der Waals surface area contributed by atoms with Crippen molar-refractivity contribution >= 4 is 23.2 Å². The van der Waals surface area contributed by atoms with Crippen LogP contribution >= 0.6 is 23.2 Å². The summed E-state index contributed by atoms with van der Waals surface area (Å²) in [6.45, 7) is 4.88. The molecule has 0 aliphatic carbocycles. The Morgan fingerprint density at radius 1 is 1.00 bits per heavy atom. The van der Waals surface area contributed by atoms with Crippen LogP contribution in [0.1, 0.15) is 22.6 Å². The summed E-state index contributed by atoms with van der Waals surface area (Å²) >= 11 is 12.4. The second-order valence-corrected chi connectivity index (χ2v) is 8.33. The lowest BCUT2D eigenvalue weighted by Gasteiger charge is -2.32. The minimum atomic E-state index is 0.253. The Bertz CT molecular complexity index is 948. The van der Waals surface area contributed by atoms with E-state index >= 15 is 0 Å². The highest BCUT2D eigenvalue weighted by molar-refractivity contribution is 6.42. The highest BCUT2D eigenvalue weighted by Gasteiger charge is 2.34. The van der Waals surface area contributed by atoms with Gasteiger partial charge in [-0.1, -0.05) is 34.4 Å². The van der Waals surface area contributed by atoms with Gasteiger partial charge in [0, 0.05) is 49.9 Å². The van der Waals surface area contributed by atoms with E-state index < -0.39 is 0 Å². The molecule has 7 heteroatoms. The van der Waals surface area contributed by atoms with E-state index in [1.807, 2.05) is 55.7 Å². The van der Waals surface area contributed by atoms with Gasteiger partial charge in [-0.15, -0.1) is 0 Å². The fourth-order valence-electron chi connectivity index (χ4n) is 3.84. The lowest BCUT2D eigenvalue weighted by atomic mass is 9.95. The molecule has 0 bridgehead atoms. The van der Waals surface area contributed by atoms with Crippen LogP contribution in [0.5, 0.6) is 0 Å². The quantitative estimate of drug-likeness (QED) is 0.529. The SMILES string of the molecule is Cc1cc(C[C@@H]2COC[C@H]2N(Cc2ccncc2)Cc2ccc(Cl)c(Cl)c2)on1. The number of rotatable bonds is 7. The van der Waals surface area contributed by atoms with Crippen molar-refractivity contribution in [1.82, 2.24) is 15.0 Å². The van der Waals surface area contributed by atoms with Crippen LogP contribution in [0.25, 0.3) is 0 Å². The second kappa shape index (κ2) is 9.26. The van der Waals surface area contributed by atoms with Gasteiger partial charge in [-0.3, -0.25) is 9.88 Å². The maximum atomic E-state index is 6.25. The summed E-state index contributed by atoms with van der Waals surface area (Å²) in [7, 11) is 0. The normalized spacial score (nSPS) is 19.2. The van der Waals surface area contributed by atoms with Crippen molar-refractivity contribution in [2.75, 3.05) is 13.2 Å². The Labute approximate surface area is 180 Å². The van der Waals surface area contributed by atoms with Crippen molar-refractivity contribution in [3.8, 4) is 0 Å². The van der Waals surface area contributed by atoms with Gasteiger partial charge in [0.15, 0.2) is 0 Å². The van der Waals surface area contributed by atoms with Crippen molar-refractivity contribution < 1.29 is 9.26 Å². The van der Waals surface area contributed by atoms with E-state index in [9.17, 15) is 0 Å². The third-order valence-corrected chi connectivity index (χ3v) is 6.02. The Morgan fingerprint density at radius 3 is 2.52 bits per heavy atom. The van der Waals surface area contributed by atoms with Gasteiger partial charge < -0.3 is 9.26 Å².